The van der Waals surface area contributed by atoms with Gasteiger partial charge in [0.05, 0.1) is 32.5 Å². The fourth-order valence-corrected chi connectivity index (χ4v) is 7.45. The molecule has 0 aliphatic heterocycles. The minimum absolute atomic E-state index is 0.0289. The van der Waals surface area contributed by atoms with Crippen molar-refractivity contribution in [3.8, 4) is 0 Å². The van der Waals surface area contributed by atoms with Crippen LogP contribution in [-0.2, 0) is 32.0 Å². The number of nitrogens with zero attached hydrogens (tertiary/aromatic N) is 4. The standard InChI is InChI=1S/C44H36Cl6N8O6/c1-5-23-11-31(53-43(63)38(21(3)59)57-55-29-7-9-36(49)34(19-29)41(61)51-32-15-25(45)13-26(46)16-32)12-24(6-2)40(23)54-44(64)39(22(4)60)58-56-30-8-10-37(50)35(20-30)42(62)52-33-17-27(47)14-28(48)18-33/h7-20,38-39H,5-6H2,1-4H3,(H,51,61)(H,52,62)(H,53,63)(H,54,64). The zero-order chi connectivity index (χ0) is 46.8. The summed E-state index contributed by atoms with van der Waals surface area (Å²) < 4.78 is 0. The third kappa shape index (κ3) is 13.2. The largest absolute Gasteiger partial charge is 0.324 e. The van der Waals surface area contributed by atoms with Crippen molar-refractivity contribution >= 4 is 139 Å². The third-order valence-electron chi connectivity index (χ3n) is 9.05. The van der Waals surface area contributed by atoms with E-state index in [1.165, 1.54) is 86.6 Å². The van der Waals surface area contributed by atoms with Crippen molar-refractivity contribution in [2.24, 2.45) is 20.5 Å². The Hall–Kier alpha value is -5.74. The minimum atomic E-state index is -1.58. The topological polar surface area (TPSA) is 200 Å². The smallest absolute Gasteiger partial charge is 0.258 e. The van der Waals surface area contributed by atoms with E-state index < -0.39 is 47.3 Å². The Labute approximate surface area is 397 Å². The molecule has 0 radical (unpaired) electrons. The van der Waals surface area contributed by atoms with E-state index in [0.717, 1.165) is 0 Å². The fourth-order valence-electron chi connectivity index (χ4n) is 5.99. The van der Waals surface area contributed by atoms with Crippen molar-refractivity contribution in [3.63, 3.8) is 0 Å². The number of carbonyl (C=O) groups is 6. The Bertz CT molecular complexity index is 2680. The molecule has 0 saturated carbocycles. The number of carbonyl (C=O) groups excluding carboxylic acids is 6. The van der Waals surface area contributed by atoms with Gasteiger partial charge in [0, 0.05) is 42.8 Å². The highest BCUT2D eigenvalue weighted by atomic mass is 35.5. The van der Waals surface area contributed by atoms with Crippen LogP contribution in [-0.4, -0.2) is 47.3 Å². The number of aryl methyl sites for hydroxylation is 2. The molecule has 2 unspecified atom stereocenters. The second-order valence-electron chi connectivity index (χ2n) is 13.9. The molecule has 0 heterocycles. The number of halogens is 6. The normalized spacial score (nSPS) is 12.2. The highest BCUT2D eigenvalue weighted by Crippen LogP contribution is 2.31. The highest BCUT2D eigenvalue weighted by molar-refractivity contribution is 6.37. The second-order valence-corrected chi connectivity index (χ2v) is 16.4. The van der Waals surface area contributed by atoms with Crippen molar-refractivity contribution < 1.29 is 28.8 Å². The maximum absolute atomic E-state index is 13.6. The molecule has 4 N–H and O–H groups in total. The number of amides is 4. The van der Waals surface area contributed by atoms with E-state index in [2.05, 4.69) is 41.7 Å². The Morgan fingerprint density at radius 3 is 1.20 bits per heavy atom. The molecule has 0 bridgehead atoms. The molecule has 5 aromatic rings. The molecule has 0 saturated heterocycles. The Morgan fingerprint density at radius 2 is 0.844 bits per heavy atom. The summed E-state index contributed by atoms with van der Waals surface area (Å²) in [6.45, 7) is 6.01. The number of azo groups is 2. The van der Waals surface area contributed by atoms with Gasteiger partial charge in [-0.15, -0.1) is 0 Å². The van der Waals surface area contributed by atoms with Crippen LogP contribution in [0.25, 0.3) is 0 Å². The Balaban J connectivity index is 1.30. The lowest BCUT2D eigenvalue weighted by Gasteiger charge is -2.19. The van der Waals surface area contributed by atoms with Crippen LogP contribution < -0.4 is 21.3 Å². The zero-order valence-electron chi connectivity index (χ0n) is 34.2. The number of rotatable bonds is 16. The SMILES string of the molecule is CCc1cc(NC(=O)C(N=Nc2ccc(Cl)c(C(=O)Nc3cc(Cl)cc(Cl)c3)c2)C(C)=O)cc(CC)c1NC(=O)C(N=Nc1ccc(Cl)c(C(=O)Nc2cc(Cl)cc(Cl)c2)c1)C(C)=O. The number of benzene rings is 5. The van der Waals surface area contributed by atoms with E-state index in [0.29, 0.717) is 66.8 Å². The lowest BCUT2D eigenvalue weighted by atomic mass is 10.0. The summed E-state index contributed by atoms with van der Waals surface area (Å²) in [5.41, 5.74) is 2.84. The van der Waals surface area contributed by atoms with Crippen molar-refractivity contribution in [1.82, 2.24) is 0 Å². The molecule has 14 nitrogen and oxygen atoms in total. The molecular weight excluding hydrogens is 949 g/mol. The zero-order valence-corrected chi connectivity index (χ0v) is 38.7. The molecule has 5 aromatic carbocycles. The van der Waals surface area contributed by atoms with Crippen molar-refractivity contribution in [2.45, 2.75) is 52.6 Å². The fraction of sp³-hybridized carbons (Fsp3) is 0.182. The van der Waals surface area contributed by atoms with Gasteiger partial charge in [0.2, 0.25) is 12.1 Å². The molecule has 0 aliphatic rings. The van der Waals surface area contributed by atoms with Crippen LogP contribution in [0.2, 0.25) is 30.1 Å². The predicted octanol–water partition coefficient (Wildman–Crippen LogP) is 12.6. The van der Waals surface area contributed by atoms with Crippen LogP contribution in [0.5, 0.6) is 0 Å². The van der Waals surface area contributed by atoms with E-state index in [1.54, 1.807) is 12.1 Å². The van der Waals surface area contributed by atoms with Gasteiger partial charge in [-0.3, -0.25) is 28.8 Å². The van der Waals surface area contributed by atoms with Gasteiger partial charge < -0.3 is 21.3 Å². The van der Waals surface area contributed by atoms with Gasteiger partial charge in [0.1, 0.15) is 0 Å². The summed E-state index contributed by atoms with van der Waals surface area (Å²) in [7, 11) is 0. The van der Waals surface area contributed by atoms with Gasteiger partial charge in [0.15, 0.2) is 11.6 Å². The number of ketones is 2. The average molecular weight is 986 g/mol. The van der Waals surface area contributed by atoms with E-state index >= 15 is 0 Å². The first-order valence-corrected chi connectivity index (χ1v) is 21.4. The monoisotopic (exact) mass is 982 g/mol. The molecule has 2 atom stereocenters. The maximum atomic E-state index is 13.6. The van der Waals surface area contributed by atoms with Gasteiger partial charge in [-0.05, 0) is 123 Å². The lowest BCUT2D eigenvalue weighted by Crippen LogP contribution is -2.33. The average Bonchev–Trinajstić information content (AvgIpc) is 3.21. The van der Waals surface area contributed by atoms with Crippen molar-refractivity contribution in [2.75, 3.05) is 21.3 Å². The molecule has 20 heteroatoms. The van der Waals surface area contributed by atoms with Crippen LogP contribution in [0, 0.1) is 0 Å². The van der Waals surface area contributed by atoms with E-state index in [-0.39, 0.29) is 32.5 Å². The summed E-state index contributed by atoms with van der Waals surface area (Å²) >= 11 is 36.8. The summed E-state index contributed by atoms with van der Waals surface area (Å²) in [6, 6.07) is 17.5. The molecule has 4 amide bonds. The molecular formula is C44H36Cl6N8O6. The minimum Gasteiger partial charge on any atom is -0.324 e. The van der Waals surface area contributed by atoms with Gasteiger partial charge >= 0.3 is 0 Å². The van der Waals surface area contributed by atoms with Gasteiger partial charge in [-0.2, -0.15) is 20.5 Å². The molecule has 330 valence electrons. The van der Waals surface area contributed by atoms with E-state index in [9.17, 15) is 28.8 Å². The number of anilines is 4. The van der Waals surface area contributed by atoms with Crippen molar-refractivity contribution in [3.05, 3.63) is 137 Å². The van der Waals surface area contributed by atoms with Gasteiger partial charge in [-0.25, -0.2) is 0 Å². The number of nitrogens with one attached hydrogen (secondary N) is 4. The molecule has 0 spiro atoms. The molecule has 0 aliphatic carbocycles. The first-order chi connectivity index (χ1) is 30.3. The van der Waals surface area contributed by atoms with Crippen LogP contribution in [0.3, 0.4) is 0 Å². The quantitative estimate of drug-likeness (QED) is 0.0560. The molecule has 0 aromatic heterocycles. The summed E-state index contributed by atoms with van der Waals surface area (Å²) in [6.07, 6.45) is 0.754. The van der Waals surface area contributed by atoms with Crippen molar-refractivity contribution in [1.29, 1.82) is 0 Å². The maximum Gasteiger partial charge on any atom is 0.258 e. The summed E-state index contributed by atoms with van der Waals surface area (Å²) in [4.78, 5) is 78.7. The lowest BCUT2D eigenvalue weighted by molar-refractivity contribution is -0.127. The molecule has 0 fully saturated rings. The van der Waals surface area contributed by atoms with E-state index in [4.69, 9.17) is 69.6 Å². The number of hydrogen-bond donors (Lipinski definition) is 4. The molecule has 5 rings (SSSR count). The summed E-state index contributed by atoms with van der Waals surface area (Å²) in [5, 5.41) is 28.4. The van der Waals surface area contributed by atoms with Crippen LogP contribution in [0.4, 0.5) is 34.1 Å². The Morgan fingerprint density at radius 1 is 0.484 bits per heavy atom. The van der Waals surface area contributed by atoms with Gasteiger partial charge in [-0.1, -0.05) is 83.5 Å². The van der Waals surface area contributed by atoms with Crippen LogP contribution in [0.1, 0.15) is 59.5 Å². The second kappa shape index (κ2) is 22.2. The number of Topliss-reactive ketones (excluding diaryl/α,β-unsaturated/α-hetero) is 2. The van der Waals surface area contributed by atoms with Gasteiger partial charge in [0.25, 0.3) is 23.6 Å². The number of hydrogen-bond acceptors (Lipinski definition) is 10. The van der Waals surface area contributed by atoms with E-state index in [1.807, 2.05) is 13.8 Å². The first-order valence-electron chi connectivity index (χ1n) is 19.1. The van der Waals surface area contributed by atoms with Crippen LogP contribution >= 0.6 is 69.6 Å². The first kappa shape index (κ1) is 49.3. The Kier molecular flexibility index (Phi) is 17.1. The van der Waals surface area contributed by atoms with Crippen LogP contribution in [0.15, 0.2) is 105 Å². The molecule has 64 heavy (non-hydrogen) atoms. The highest BCUT2D eigenvalue weighted by Gasteiger charge is 2.27. The summed E-state index contributed by atoms with van der Waals surface area (Å²) in [5.74, 6) is -4.01. The third-order valence-corrected chi connectivity index (χ3v) is 10.6. The predicted molar refractivity (Wildman–Crippen MR) is 252 cm³/mol.